The van der Waals surface area contributed by atoms with Crippen molar-refractivity contribution in [3.8, 4) is 17.2 Å². The van der Waals surface area contributed by atoms with Crippen molar-refractivity contribution in [2.75, 3.05) is 11.3 Å². The number of ether oxygens (including phenoxy) is 1. The molecule has 1 aromatic carbocycles. The summed E-state index contributed by atoms with van der Waals surface area (Å²) in [6, 6.07) is 9.19. The summed E-state index contributed by atoms with van der Waals surface area (Å²) in [5.74, 6) is 0. The molecular formula is C17H17N5O2S2. The van der Waals surface area contributed by atoms with Gasteiger partial charge in [-0.1, -0.05) is 19.9 Å². The highest BCUT2D eigenvalue weighted by Crippen LogP contribution is 2.30. The molecule has 0 aliphatic rings. The highest BCUT2D eigenvalue weighted by atomic mass is 32.2. The van der Waals surface area contributed by atoms with Crippen molar-refractivity contribution in [2.24, 2.45) is 0 Å². The molecule has 9 heteroatoms. The Balaban J connectivity index is 0.00000117. The van der Waals surface area contributed by atoms with Gasteiger partial charge in [0, 0.05) is 29.2 Å². The number of fused-ring (bicyclic) bond motifs is 1. The maximum absolute atomic E-state index is 12.5. The summed E-state index contributed by atoms with van der Waals surface area (Å²) in [6.07, 6.45) is 1.63. The van der Waals surface area contributed by atoms with Crippen molar-refractivity contribution in [1.29, 1.82) is 10.5 Å². The van der Waals surface area contributed by atoms with Gasteiger partial charge in [0.25, 0.3) is 0 Å². The van der Waals surface area contributed by atoms with Crippen LogP contribution in [-0.2, 0) is 11.0 Å². The Hall–Kier alpha value is -2.88. The average molecular weight is 387 g/mol. The van der Waals surface area contributed by atoms with Gasteiger partial charge in [0.15, 0.2) is 27.7 Å². The third-order valence-corrected chi connectivity index (χ3v) is 5.12. The fraction of sp³-hybridized carbons (Fsp3) is 0.235. The van der Waals surface area contributed by atoms with Crippen LogP contribution in [0.1, 0.15) is 25.0 Å². The summed E-state index contributed by atoms with van der Waals surface area (Å²) in [4.78, 5) is 3.04. The van der Waals surface area contributed by atoms with Crippen LogP contribution < -0.4 is 9.46 Å². The Kier molecular flexibility index (Phi) is 6.73. The second-order valence-electron chi connectivity index (χ2n) is 4.80. The molecule has 0 bridgehead atoms. The molecule has 2 heterocycles. The number of aromatic amines is 1. The highest BCUT2D eigenvalue weighted by molar-refractivity contribution is 7.86. The number of benzene rings is 1. The molecule has 1 atom stereocenters. The minimum absolute atomic E-state index is 0.0836. The van der Waals surface area contributed by atoms with Crippen molar-refractivity contribution in [1.82, 2.24) is 9.36 Å². The van der Waals surface area contributed by atoms with Gasteiger partial charge in [0.05, 0.1) is 16.8 Å². The van der Waals surface area contributed by atoms with Crippen molar-refractivity contribution >= 4 is 39.1 Å². The van der Waals surface area contributed by atoms with Gasteiger partial charge in [-0.3, -0.25) is 4.72 Å². The van der Waals surface area contributed by atoms with Crippen LogP contribution in [0.25, 0.3) is 10.9 Å². The fourth-order valence-corrected chi connectivity index (χ4v) is 3.90. The Morgan fingerprint density at radius 3 is 2.85 bits per heavy atom. The van der Waals surface area contributed by atoms with Crippen LogP contribution in [0.5, 0.6) is 5.06 Å². The van der Waals surface area contributed by atoms with E-state index in [2.05, 4.69) is 20.1 Å². The van der Waals surface area contributed by atoms with E-state index in [9.17, 15) is 9.47 Å². The molecule has 0 amide bonds. The number of nitrogens with zero attached hydrogens (tertiary/aromatic N) is 3. The van der Waals surface area contributed by atoms with Gasteiger partial charge in [0.1, 0.15) is 12.1 Å². The molecule has 3 rings (SSSR count). The summed E-state index contributed by atoms with van der Waals surface area (Å²) in [5, 5.41) is 19.2. The lowest BCUT2D eigenvalue weighted by atomic mass is 10.1. The van der Waals surface area contributed by atoms with E-state index >= 15 is 0 Å². The quantitative estimate of drug-likeness (QED) is 0.690. The Bertz CT molecular complexity index is 1010. The lowest BCUT2D eigenvalue weighted by Gasteiger charge is -2.07. The molecule has 0 saturated carbocycles. The number of aryl methyl sites for hydroxylation is 1. The van der Waals surface area contributed by atoms with Gasteiger partial charge in [-0.2, -0.15) is 14.9 Å². The van der Waals surface area contributed by atoms with Crippen molar-refractivity contribution in [2.45, 2.75) is 25.8 Å². The van der Waals surface area contributed by atoms with E-state index in [4.69, 9.17) is 10.00 Å². The standard InChI is InChI=1S/C15H11N5O2S2.C2H6/c1-9-2-3-11(15-14(9)10(7-17)8-18-15)20-24(21)12-6-13(23-19-12)22-5-4-16;1-2/h2-3,6,8,18,20H,5H2,1H3;1-2H3. The largest absolute Gasteiger partial charge is 0.468 e. The fourth-order valence-electron chi connectivity index (χ4n) is 2.25. The van der Waals surface area contributed by atoms with E-state index in [1.54, 1.807) is 12.3 Å². The van der Waals surface area contributed by atoms with Crippen LogP contribution >= 0.6 is 11.5 Å². The minimum atomic E-state index is -1.59. The maximum atomic E-state index is 12.5. The van der Waals surface area contributed by atoms with Crippen molar-refractivity contribution < 1.29 is 8.95 Å². The first-order valence-electron chi connectivity index (χ1n) is 7.79. The molecule has 0 spiro atoms. The van der Waals surface area contributed by atoms with Gasteiger partial charge < -0.3 is 9.72 Å². The molecule has 26 heavy (non-hydrogen) atoms. The van der Waals surface area contributed by atoms with Gasteiger partial charge in [-0.25, -0.2) is 4.21 Å². The molecular weight excluding hydrogens is 370 g/mol. The van der Waals surface area contributed by atoms with Crippen LogP contribution in [0.4, 0.5) is 5.69 Å². The van der Waals surface area contributed by atoms with Crippen molar-refractivity contribution in [3.63, 3.8) is 0 Å². The summed E-state index contributed by atoms with van der Waals surface area (Å²) in [7, 11) is -1.59. The lowest BCUT2D eigenvalue weighted by Crippen LogP contribution is -2.05. The average Bonchev–Trinajstić information content (AvgIpc) is 3.31. The molecule has 0 saturated heterocycles. The maximum Gasteiger partial charge on any atom is 0.195 e. The zero-order chi connectivity index (χ0) is 19.1. The zero-order valence-corrected chi connectivity index (χ0v) is 16.1. The first-order valence-corrected chi connectivity index (χ1v) is 9.72. The predicted molar refractivity (Wildman–Crippen MR) is 102 cm³/mol. The normalized spacial score (nSPS) is 11.0. The minimum Gasteiger partial charge on any atom is -0.468 e. The predicted octanol–water partition coefficient (Wildman–Crippen LogP) is 3.87. The van der Waals surface area contributed by atoms with Crippen LogP contribution in [0.3, 0.4) is 0 Å². The topological polar surface area (TPSA) is 115 Å². The van der Waals surface area contributed by atoms with E-state index in [1.807, 2.05) is 32.9 Å². The number of hydrogen-bond acceptors (Lipinski definition) is 6. The van der Waals surface area contributed by atoms with Crippen LogP contribution in [0, 0.1) is 29.6 Å². The van der Waals surface area contributed by atoms with E-state index < -0.39 is 11.0 Å². The SMILES string of the molecule is CC.Cc1ccc(NS(=O)c2cc(OCC#N)sn2)c2[nH]cc(C#N)c12. The molecule has 2 aromatic heterocycles. The van der Waals surface area contributed by atoms with Gasteiger partial charge in [-0.05, 0) is 18.6 Å². The summed E-state index contributed by atoms with van der Waals surface area (Å²) in [6.45, 7) is 5.83. The second-order valence-corrected chi connectivity index (χ2v) is 6.72. The Morgan fingerprint density at radius 2 is 2.15 bits per heavy atom. The third kappa shape index (κ3) is 4.02. The van der Waals surface area contributed by atoms with E-state index in [0.29, 0.717) is 21.3 Å². The first-order chi connectivity index (χ1) is 12.6. The van der Waals surface area contributed by atoms with Crippen molar-refractivity contribution in [3.05, 3.63) is 35.5 Å². The van der Waals surface area contributed by atoms with E-state index in [-0.39, 0.29) is 6.61 Å². The smallest absolute Gasteiger partial charge is 0.195 e. The monoisotopic (exact) mass is 387 g/mol. The number of anilines is 1. The van der Waals surface area contributed by atoms with E-state index in [0.717, 1.165) is 28.0 Å². The molecule has 0 aliphatic carbocycles. The Labute approximate surface area is 158 Å². The number of hydrogen-bond donors (Lipinski definition) is 2. The lowest BCUT2D eigenvalue weighted by molar-refractivity contribution is 0.378. The molecule has 3 aromatic rings. The van der Waals surface area contributed by atoms with Gasteiger partial charge >= 0.3 is 0 Å². The number of H-pyrrole nitrogens is 1. The van der Waals surface area contributed by atoms with Gasteiger partial charge in [-0.15, -0.1) is 0 Å². The van der Waals surface area contributed by atoms with Crippen LogP contribution in [-0.4, -0.2) is 20.2 Å². The molecule has 1 unspecified atom stereocenters. The molecule has 0 aliphatic heterocycles. The molecule has 0 fully saturated rings. The first kappa shape index (κ1) is 19.4. The molecule has 134 valence electrons. The molecule has 7 nitrogen and oxygen atoms in total. The van der Waals surface area contributed by atoms with Crippen LogP contribution in [0.15, 0.2) is 29.4 Å². The number of nitriles is 2. The number of rotatable bonds is 5. The summed E-state index contributed by atoms with van der Waals surface area (Å²) in [5.41, 5.74) is 2.83. The third-order valence-electron chi connectivity index (χ3n) is 3.30. The van der Waals surface area contributed by atoms with E-state index in [1.165, 1.54) is 6.07 Å². The molecule has 2 N–H and O–H groups in total. The highest BCUT2D eigenvalue weighted by Gasteiger charge is 2.15. The number of aromatic nitrogens is 2. The molecule has 0 radical (unpaired) electrons. The number of nitrogens with one attached hydrogen (secondary N) is 2. The van der Waals surface area contributed by atoms with Gasteiger partial charge in [0.2, 0.25) is 0 Å². The summed E-state index contributed by atoms with van der Waals surface area (Å²) >= 11 is 1.03. The Morgan fingerprint density at radius 1 is 1.38 bits per heavy atom. The second kappa shape index (κ2) is 8.99. The summed E-state index contributed by atoms with van der Waals surface area (Å²) < 4.78 is 24.5. The zero-order valence-electron chi connectivity index (χ0n) is 14.5. The van der Waals surface area contributed by atoms with Crippen LogP contribution in [0.2, 0.25) is 0 Å².